The van der Waals surface area contributed by atoms with Gasteiger partial charge < -0.3 is 10.4 Å². The number of aliphatic carboxylic acids is 1. The zero-order chi connectivity index (χ0) is 19.8. The normalized spacial score (nSPS) is 11.6. The lowest BCUT2D eigenvalue weighted by Crippen LogP contribution is -2.39. The second kappa shape index (κ2) is 6.83. The summed E-state index contributed by atoms with van der Waals surface area (Å²) in [4.78, 5) is 28.9. The zero-order valence-electron chi connectivity index (χ0n) is 15.8. The van der Waals surface area contributed by atoms with E-state index in [9.17, 15) is 14.7 Å². The predicted octanol–water partition coefficient (Wildman–Crippen LogP) is 2.78. The molecule has 1 amide bonds. The minimum Gasteiger partial charge on any atom is -0.481 e. The second-order valence-corrected chi connectivity index (χ2v) is 7.20. The van der Waals surface area contributed by atoms with E-state index in [0.717, 1.165) is 5.56 Å². The number of rotatable bonds is 5. The minimum atomic E-state index is -1.06. The Labute approximate surface area is 157 Å². The van der Waals surface area contributed by atoms with Crippen LogP contribution in [-0.4, -0.2) is 38.3 Å². The molecular formula is C20H22N4O3. The maximum atomic E-state index is 12.9. The van der Waals surface area contributed by atoms with E-state index < -0.39 is 11.4 Å². The average Bonchev–Trinajstić information content (AvgIpc) is 2.93. The number of carbonyl (C=O) groups is 2. The van der Waals surface area contributed by atoms with E-state index >= 15 is 0 Å². The Morgan fingerprint density at radius 3 is 2.52 bits per heavy atom. The summed E-state index contributed by atoms with van der Waals surface area (Å²) in [5.41, 5.74) is 2.23. The fourth-order valence-electron chi connectivity index (χ4n) is 2.85. The topological polar surface area (TPSA) is 97.1 Å². The van der Waals surface area contributed by atoms with Crippen LogP contribution in [0.25, 0.3) is 22.3 Å². The summed E-state index contributed by atoms with van der Waals surface area (Å²) in [6.45, 7) is 4.99. The lowest BCUT2D eigenvalue weighted by Gasteiger charge is -2.19. The lowest BCUT2D eigenvalue weighted by atomic mass is 9.93. The Balaban J connectivity index is 2.08. The Morgan fingerprint density at radius 2 is 1.89 bits per heavy atom. The van der Waals surface area contributed by atoms with Gasteiger partial charge in [0.1, 0.15) is 0 Å². The van der Waals surface area contributed by atoms with Crippen LogP contribution in [0.3, 0.4) is 0 Å². The van der Waals surface area contributed by atoms with Gasteiger partial charge in [-0.15, -0.1) is 0 Å². The number of hydrogen-bond acceptors (Lipinski definition) is 4. The Hall–Kier alpha value is -3.22. The van der Waals surface area contributed by atoms with Crippen LogP contribution in [-0.2, 0) is 11.8 Å². The number of aryl methyl sites for hydroxylation is 2. The van der Waals surface area contributed by atoms with Crippen LogP contribution in [0.2, 0.25) is 0 Å². The summed E-state index contributed by atoms with van der Waals surface area (Å²) in [6.07, 6.45) is 0. The molecular weight excluding hydrogens is 344 g/mol. The molecule has 0 unspecified atom stereocenters. The molecule has 0 fully saturated rings. The molecule has 140 valence electrons. The Bertz CT molecular complexity index is 1020. The Morgan fingerprint density at radius 1 is 1.22 bits per heavy atom. The molecule has 0 aliphatic carbocycles. The van der Waals surface area contributed by atoms with Crippen molar-refractivity contribution >= 4 is 22.9 Å². The summed E-state index contributed by atoms with van der Waals surface area (Å²) >= 11 is 0. The second-order valence-electron chi connectivity index (χ2n) is 7.20. The number of carboxylic acid groups (broad SMARTS) is 1. The van der Waals surface area contributed by atoms with Gasteiger partial charge in [0.2, 0.25) is 0 Å². The van der Waals surface area contributed by atoms with Gasteiger partial charge in [-0.05, 0) is 26.8 Å². The van der Waals surface area contributed by atoms with Crippen molar-refractivity contribution in [1.29, 1.82) is 0 Å². The molecule has 2 heterocycles. The maximum Gasteiger partial charge on any atom is 0.310 e. The van der Waals surface area contributed by atoms with Crippen LogP contribution < -0.4 is 5.32 Å². The van der Waals surface area contributed by atoms with E-state index in [1.807, 2.05) is 37.3 Å². The smallest absolute Gasteiger partial charge is 0.310 e. The molecule has 0 aliphatic rings. The monoisotopic (exact) mass is 366 g/mol. The molecule has 7 heteroatoms. The van der Waals surface area contributed by atoms with Gasteiger partial charge in [0.25, 0.3) is 5.91 Å². The standard InChI is InChI=1S/C20H22N4O3/c1-12-16-14(18(25)21-11-20(2,3)19(26)27)10-15(13-8-6-5-7-9-13)22-17(16)24(4)23-12/h5-10H,11H2,1-4H3,(H,21,25)(H,26,27). The maximum absolute atomic E-state index is 12.9. The third-order valence-corrected chi connectivity index (χ3v) is 4.55. The van der Waals surface area contributed by atoms with Crippen LogP contribution >= 0.6 is 0 Å². The van der Waals surface area contributed by atoms with E-state index in [2.05, 4.69) is 15.4 Å². The molecule has 0 spiro atoms. The number of aromatic nitrogens is 3. The molecule has 0 saturated carbocycles. The van der Waals surface area contributed by atoms with Crippen LogP contribution in [0.5, 0.6) is 0 Å². The third kappa shape index (κ3) is 3.53. The molecule has 0 saturated heterocycles. The number of hydrogen-bond donors (Lipinski definition) is 2. The Kier molecular flexibility index (Phi) is 4.70. The van der Waals surface area contributed by atoms with Crippen molar-refractivity contribution in [1.82, 2.24) is 20.1 Å². The largest absolute Gasteiger partial charge is 0.481 e. The summed E-state index contributed by atoms with van der Waals surface area (Å²) in [5.74, 6) is -1.31. The fourth-order valence-corrected chi connectivity index (χ4v) is 2.85. The molecule has 3 rings (SSSR count). The lowest BCUT2D eigenvalue weighted by molar-refractivity contribution is -0.146. The zero-order valence-corrected chi connectivity index (χ0v) is 15.8. The molecule has 2 N–H and O–H groups in total. The molecule has 3 aromatic rings. The number of carboxylic acids is 1. The van der Waals surface area contributed by atoms with Crippen molar-refractivity contribution in [2.24, 2.45) is 12.5 Å². The molecule has 0 radical (unpaired) electrons. The molecule has 7 nitrogen and oxygen atoms in total. The third-order valence-electron chi connectivity index (χ3n) is 4.55. The molecule has 0 bridgehead atoms. The summed E-state index contributed by atoms with van der Waals surface area (Å²) < 4.78 is 1.65. The minimum absolute atomic E-state index is 0.0188. The number of nitrogens with zero attached hydrogens (tertiary/aromatic N) is 3. The summed E-state index contributed by atoms with van der Waals surface area (Å²) in [6, 6.07) is 11.3. The average molecular weight is 366 g/mol. The van der Waals surface area contributed by atoms with Gasteiger partial charge in [-0.2, -0.15) is 5.10 Å². The molecule has 2 aromatic heterocycles. The number of fused-ring (bicyclic) bond motifs is 1. The first-order chi connectivity index (χ1) is 12.7. The first-order valence-corrected chi connectivity index (χ1v) is 8.62. The van der Waals surface area contributed by atoms with Crippen molar-refractivity contribution in [3.63, 3.8) is 0 Å². The van der Waals surface area contributed by atoms with E-state index in [1.54, 1.807) is 31.6 Å². The number of nitrogens with one attached hydrogen (secondary N) is 1. The number of carbonyl (C=O) groups excluding carboxylic acids is 1. The predicted molar refractivity (Wildman–Crippen MR) is 102 cm³/mol. The first-order valence-electron chi connectivity index (χ1n) is 8.62. The highest BCUT2D eigenvalue weighted by atomic mass is 16.4. The van der Waals surface area contributed by atoms with Crippen LogP contribution in [0.4, 0.5) is 0 Å². The van der Waals surface area contributed by atoms with Gasteiger partial charge in [0.15, 0.2) is 5.65 Å². The highest BCUT2D eigenvalue weighted by Gasteiger charge is 2.28. The van der Waals surface area contributed by atoms with Gasteiger partial charge in [0, 0.05) is 19.2 Å². The summed E-state index contributed by atoms with van der Waals surface area (Å²) in [5, 5.41) is 17.1. The fraction of sp³-hybridized carbons (Fsp3) is 0.300. The molecule has 0 aliphatic heterocycles. The van der Waals surface area contributed by atoms with E-state index in [0.29, 0.717) is 28.0 Å². The van der Waals surface area contributed by atoms with E-state index in [-0.39, 0.29) is 12.5 Å². The highest BCUT2D eigenvalue weighted by Crippen LogP contribution is 2.27. The van der Waals surface area contributed by atoms with Crippen molar-refractivity contribution in [2.45, 2.75) is 20.8 Å². The number of amides is 1. The number of pyridine rings is 1. The van der Waals surface area contributed by atoms with Gasteiger partial charge in [-0.3, -0.25) is 14.3 Å². The van der Waals surface area contributed by atoms with Crippen molar-refractivity contribution in [3.8, 4) is 11.3 Å². The molecule has 27 heavy (non-hydrogen) atoms. The SMILES string of the molecule is Cc1nn(C)c2nc(-c3ccccc3)cc(C(=O)NCC(C)(C)C(=O)O)c12. The molecule has 1 aromatic carbocycles. The van der Waals surface area contributed by atoms with Crippen molar-refractivity contribution < 1.29 is 14.7 Å². The van der Waals surface area contributed by atoms with Gasteiger partial charge in [-0.25, -0.2) is 4.98 Å². The van der Waals surface area contributed by atoms with Crippen molar-refractivity contribution in [2.75, 3.05) is 6.54 Å². The summed E-state index contributed by atoms with van der Waals surface area (Å²) in [7, 11) is 1.78. The first kappa shape index (κ1) is 18.6. The number of benzene rings is 1. The molecule has 0 atom stereocenters. The van der Waals surface area contributed by atoms with Crippen LogP contribution in [0.15, 0.2) is 36.4 Å². The van der Waals surface area contributed by atoms with Gasteiger partial charge in [0.05, 0.1) is 27.8 Å². The quantitative estimate of drug-likeness (QED) is 0.724. The van der Waals surface area contributed by atoms with E-state index in [1.165, 1.54) is 0 Å². The van der Waals surface area contributed by atoms with Crippen LogP contribution in [0, 0.1) is 12.3 Å². The van der Waals surface area contributed by atoms with Gasteiger partial charge in [-0.1, -0.05) is 30.3 Å². The van der Waals surface area contributed by atoms with Gasteiger partial charge >= 0.3 is 5.97 Å². The highest BCUT2D eigenvalue weighted by molar-refractivity contribution is 6.07. The van der Waals surface area contributed by atoms with Crippen molar-refractivity contribution in [3.05, 3.63) is 47.7 Å². The van der Waals surface area contributed by atoms with Crippen LogP contribution in [0.1, 0.15) is 29.9 Å². The van der Waals surface area contributed by atoms with E-state index in [4.69, 9.17) is 0 Å².